The van der Waals surface area contributed by atoms with Crippen molar-refractivity contribution in [1.29, 1.82) is 0 Å². The first kappa shape index (κ1) is 13.3. The van der Waals surface area contributed by atoms with Crippen molar-refractivity contribution in [2.45, 2.75) is 25.4 Å². The predicted molar refractivity (Wildman–Crippen MR) is 73.7 cm³/mol. The van der Waals surface area contributed by atoms with Crippen molar-refractivity contribution in [3.05, 3.63) is 29.2 Å². The van der Waals surface area contributed by atoms with Crippen molar-refractivity contribution in [2.75, 3.05) is 13.2 Å². The van der Waals surface area contributed by atoms with Crippen LogP contribution in [0.2, 0.25) is 5.02 Å². The summed E-state index contributed by atoms with van der Waals surface area (Å²) < 4.78 is 6.96. The van der Waals surface area contributed by atoms with Crippen LogP contribution in [-0.2, 0) is 16.0 Å². The molecule has 1 saturated heterocycles. The summed E-state index contributed by atoms with van der Waals surface area (Å²) in [5.41, 5.74) is 1.63. The summed E-state index contributed by atoms with van der Waals surface area (Å²) in [5, 5.41) is 7.51. The van der Waals surface area contributed by atoms with E-state index in [1.165, 1.54) is 0 Å². The van der Waals surface area contributed by atoms with Crippen molar-refractivity contribution < 1.29 is 9.53 Å². The average Bonchev–Trinajstić information content (AvgIpc) is 3.09. The highest BCUT2D eigenvalue weighted by molar-refractivity contribution is 6.33. The number of rotatable bonds is 4. The second kappa shape index (κ2) is 5.76. The molecule has 1 fully saturated rings. The Balaban J connectivity index is 1.55. The van der Waals surface area contributed by atoms with Gasteiger partial charge in [-0.25, -0.2) is 9.50 Å². The van der Waals surface area contributed by atoms with Crippen LogP contribution in [0.25, 0.3) is 5.65 Å². The number of hydrogen-bond acceptors (Lipinski definition) is 4. The van der Waals surface area contributed by atoms with Crippen LogP contribution in [0.3, 0.4) is 0 Å². The molecule has 0 aliphatic carbocycles. The Morgan fingerprint density at radius 3 is 3.25 bits per heavy atom. The van der Waals surface area contributed by atoms with E-state index in [4.69, 9.17) is 16.3 Å². The quantitative estimate of drug-likeness (QED) is 0.920. The minimum Gasteiger partial charge on any atom is -0.368 e. The molecule has 106 valence electrons. The fraction of sp³-hybridized carbons (Fsp3) is 0.462. The molecule has 0 radical (unpaired) electrons. The van der Waals surface area contributed by atoms with Gasteiger partial charge in [0, 0.05) is 25.5 Å². The van der Waals surface area contributed by atoms with Gasteiger partial charge in [-0.2, -0.15) is 5.10 Å². The number of hydrogen-bond donors (Lipinski definition) is 1. The minimum absolute atomic E-state index is 0.0290. The standard InChI is InChI=1S/C13H15ClN4O2/c14-10-7-17-18-8-9(6-16-12(10)18)3-4-15-13(19)11-2-1-5-20-11/h6-8,11H,1-5H2,(H,15,19)/t11-/m0/s1. The van der Waals surface area contributed by atoms with E-state index < -0.39 is 0 Å². The van der Waals surface area contributed by atoms with Gasteiger partial charge >= 0.3 is 0 Å². The summed E-state index contributed by atoms with van der Waals surface area (Å²) in [6.07, 6.45) is 7.36. The molecule has 0 aromatic carbocycles. The molecule has 20 heavy (non-hydrogen) atoms. The maximum absolute atomic E-state index is 11.8. The molecular formula is C13H15ClN4O2. The Morgan fingerprint density at radius 1 is 1.55 bits per heavy atom. The lowest BCUT2D eigenvalue weighted by Crippen LogP contribution is -2.35. The normalized spacial score (nSPS) is 18.6. The number of carbonyl (C=O) groups excluding carboxylic acids is 1. The molecule has 1 aliphatic heterocycles. The summed E-state index contributed by atoms with van der Waals surface area (Å²) in [7, 11) is 0. The Labute approximate surface area is 121 Å². The number of ether oxygens (including phenoxy) is 1. The van der Waals surface area contributed by atoms with Crippen molar-refractivity contribution >= 4 is 23.2 Å². The summed E-state index contributed by atoms with van der Waals surface area (Å²) in [5.74, 6) is -0.0290. The van der Waals surface area contributed by atoms with Gasteiger partial charge in [-0.3, -0.25) is 4.79 Å². The molecule has 0 bridgehead atoms. The summed E-state index contributed by atoms with van der Waals surface area (Å²) in [6.45, 7) is 1.24. The zero-order valence-electron chi connectivity index (χ0n) is 10.9. The lowest BCUT2D eigenvalue weighted by atomic mass is 10.2. The van der Waals surface area contributed by atoms with Crippen molar-refractivity contribution in [3.8, 4) is 0 Å². The summed E-state index contributed by atoms with van der Waals surface area (Å²) in [6, 6.07) is 0. The van der Waals surface area contributed by atoms with Gasteiger partial charge in [0.05, 0.1) is 6.20 Å². The lowest BCUT2D eigenvalue weighted by Gasteiger charge is -2.10. The molecule has 1 aliphatic rings. The van der Waals surface area contributed by atoms with Gasteiger partial charge < -0.3 is 10.1 Å². The zero-order valence-corrected chi connectivity index (χ0v) is 11.6. The van der Waals surface area contributed by atoms with Crippen LogP contribution in [0.15, 0.2) is 18.6 Å². The smallest absolute Gasteiger partial charge is 0.249 e. The Hall–Kier alpha value is -1.66. The highest BCUT2D eigenvalue weighted by atomic mass is 35.5. The number of fused-ring (bicyclic) bond motifs is 1. The number of amides is 1. The molecule has 1 atom stereocenters. The second-order valence-corrected chi connectivity index (χ2v) is 5.17. The Kier molecular flexibility index (Phi) is 3.84. The highest BCUT2D eigenvalue weighted by Gasteiger charge is 2.22. The molecule has 0 saturated carbocycles. The van der Waals surface area contributed by atoms with E-state index in [9.17, 15) is 4.79 Å². The number of halogens is 1. The third-order valence-corrected chi connectivity index (χ3v) is 3.57. The van der Waals surface area contributed by atoms with E-state index in [2.05, 4.69) is 15.4 Å². The third-order valence-electron chi connectivity index (χ3n) is 3.30. The molecule has 3 heterocycles. The first-order valence-corrected chi connectivity index (χ1v) is 6.99. The van der Waals surface area contributed by atoms with Gasteiger partial charge in [0.2, 0.25) is 5.91 Å². The van der Waals surface area contributed by atoms with Gasteiger partial charge in [0.25, 0.3) is 0 Å². The van der Waals surface area contributed by atoms with E-state index in [0.717, 1.165) is 18.4 Å². The largest absolute Gasteiger partial charge is 0.368 e. The SMILES string of the molecule is O=C(NCCc1cnc2c(Cl)cnn2c1)[C@@H]1CCCO1. The molecule has 1 N–H and O–H groups in total. The van der Waals surface area contributed by atoms with Gasteiger partial charge in [0.15, 0.2) is 5.65 Å². The molecule has 2 aromatic heterocycles. The van der Waals surface area contributed by atoms with E-state index >= 15 is 0 Å². The van der Waals surface area contributed by atoms with Crippen LogP contribution < -0.4 is 5.32 Å². The maximum atomic E-state index is 11.8. The van der Waals surface area contributed by atoms with Crippen LogP contribution in [-0.4, -0.2) is 39.8 Å². The summed E-state index contributed by atoms with van der Waals surface area (Å²) in [4.78, 5) is 16.0. The molecule has 6 nitrogen and oxygen atoms in total. The molecule has 7 heteroatoms. The van der Waals surface area contributed by atoms with E-state index in [1.54, 1.807) is 16.9 Å². The van der Waals surface area contributed by atoms with Crippen molar-refractivity contribution in [3.63, 3.8) is 0 Å². The fourth-order valence-corrected chi connectivity index (χ4v) is 2.42. The molecule has 1 amide bonds. The first-order chi connectivity index (χ1) is 9.74. The number of aromatic nitrogens is 3. The van der Waals surface area contributed by atoms with Crippen LogP contribution in [0.4, 0.5) is 0 Å². The Bertz CT molecular complexity index is 622. The fourth-order valence-electron chi connectivity index (χ4n) is 2.24. The number of carbonyl (C=O) groups is 1. The number of nitrogens with zero attached hydrogens (tertiary/aromatic N) is 3. The van der Waals surface area contributed by atoms with E-state index in [1.807, 2.05) is 6.20 Å². The average molecular weight is 295 g/mol. The predicted octanol–water partition coefficient (Wildman–Crippen LogP) is 1.22. The first-order valence-electron chi connectivity index (χ1n) is 6.61. The Morgan fingerprint density at radius 2 is 2.45 bits per heavy atom. The monoisotopic (exact) mass is 294 g/mol. The summed E-state index contributed by atoms with van der Waals surface area (Å²) >= 11 is 5.93. The highest BCUT2D eigenvalue weighted by Crippen LogP contribution is 2.14. The van der Waals surface area contributed by atoms with Crippen molar-refractivity contribution in [2.24, 2.45) is 0 Å². The van der Waals surface area contributed by atoms with E-state index in [-0.39, 0.29) is 12.0 Å². The topological polar surface area (TPSA) is 68.5 Å². The van der Waals surface area contributed by atoms with Crippen LogP contribution in [0.5, 0.6) is 0 Å². The van der Waals surface area contributed by atoms with Gasteiger partial charge in [-0.1, -0.05) is 11.6 Å². The van der Waals surface area contributed by atoms with Gasteiger partial charge in [-0.05, 0) is 24.8 Å². The van der Waals surface area contributed by atoms with Crippen LogP contribution >= 0.6 is 11.6 Å². The minimum atomic E-state index is -0.277. The van der Waals surface area contributed by atoms with Gasteiger partial charge in [-0.15, -0.1) is 0 Å². The lowest BCUT2D eigenvalue weighted by molar-refractivity contribution is -0.129. The number of nitrogens with one attached hydrogen (secondary N) is 1. The van der Waals surface area contributed by atoms with Gasteiger partial charge in [0.1, 0.15) is 11.1 Å². The van der Waals surface area contributed by atoms with Crippen LogP contribution in [0.1, 0.15) is 18.4 Å². The van der Waals surface area contributed by atoms with E-state index in [0.29, 0.717) is 30.2 Å². The zero-order chi connectivity index (χ0) is 13.9. The molecular weight excluding hydrogens is 280 g/mol. The maximum Gasteiger partial charge on any atom is 0.249 e. The molecule has 2 aromatic rings. The molecule has 3 rings (SSSR count). The third kappa shape index (κ3) is 2.76. The molecule has 0 unspecified atom stereocenters. The van der Waals surface area contributed by atoms with Crippen molar-refractivity contribution in [1.82, 2.24) is 19.9 Å². The van der Waals surface area contributed by atoms with Crippen LogP contribution in [0, 0.1) is 0 Å². The molecule has 0 spiro atoms. The second-order valence-electron chi connectivity index (χ2n) is 4.77.